The molecule has 0 heterocycles. The monoisotopic (exact) mass is 320 g/mol. The van der Waals surface area contributed by atoms with Gasteiger partial charge in [0.05, 0.1) is 10.7 Å². The first kappa shape index (κ1) is 16.4. The van der Waals surface area contributed by atoms with Gasteiger partial charge in [-0.2, -0.15) is 0 Å². The first-order valence-electron chi connectivity index (χ1n) is 5.60. The van der Waals surface area contributed by atoms with Crippen LogP contribution in [0, 0.1) is 10.1 Å². The van der Waals surface area contributed by atoms with E-state index >= 15 is 0 Å². The molecule has 1 aromatic rings. The maximum absolute atomic E-state index is 11.6. The molecular formula is C11H13ClN2O5S. The van der Waals surface area contributed by atoms with E-state index in [1.165, 1.54) is 12.1 Å². The van der Waals surface area contributed by atoms with Crippen molar-refractivity contribution in [2.75, 3.05) is 17.3 Å². The van der Waals surface area contributed by atoms with E-state index in [-0.39, 0.29) is 35.0 Å². The second-order valence-corrected chi connectivity index (χ2v) is 6.87. The third-order valence-corrected chi connectivity index (χ3v) is 3.70. The molecule has 1 amide bonds. The van der Waals surface area contributed by atoms with Crippen LogP contribution in [-0.2, 0) is 14.6 Å². The maximum Gasteiger partial charge on any atom is 0.289 e. The average Bonchev–Trinajstić information content (AvgIpc) is 2.29. The first-order valence-corrected chi connectivity index (χ1v) is 8.04. The van der Waals surface area contributed by atoms with E-state index in [4.69, 9.17) is 11.6 Å². The van der Waals surface area contributed by atoms with Crippen LogP contribution in [0.4, 0.5) is 11.4 Å². The Kier molecular flexibility index (Phi) is 5.46. The van der Waals surface area contributed by atoms with Crippen molar-refractivity contribution in [2.24, 2.45) is 0 Å². The zero-order valence-corrected chi connectivity index (χ0v) is 12.2. The summed E-state index contributed by atoms with van der Waals surface area (Å²) in [6.07, 6.45) is 1.30. The summed E-state index contributed by atoms with van der Waals surface area (Å²) in [5.74, 6) is -0.494. The van der Waals surface area contributed by atoms with Crippen LogP contribution in [0.5, 0.6) is 0 Å². The molecule has 0 aliphatic rings. The van der Waals surface area contributed by atoms with Crippen molar-refractivity contribution >= 4 is 38.7 Å². The summed E-state index contributed by atoms with van der Waals surface area (Å²) >= 11 is 5.64. The topological polar surface area (TPSA) is 106 Å². The summed E-state index contributed by atoms with van der Waals surface area (Å²) in [5, 5.41) is 13.1. The molecule has 0 saturated carbocycles. The molecule has 0 unspecified atom stereocenters. The predicted octanol–water partition coefficient (Wildman–Crippen LogP) is 2.01. The van der Waals surface area contributed by atoms with Gasteiger partial charge in [0.1, 0.15) is 14.9 Å². The van der Waals surface area contributed by atoms with Crippen LogP contribution in [0.15, 0.2) is 18.2 Å². The Hall–Kier alpha value is -1.67. The van der Waals surface area contributed by atoms with Gasteiger partial charge in [-0.15, -0.1) is 0 Å². The molecule has 0 radical (unpaired) electrons. The molecule has 1 aromatic carbocycles. The number of amides is 1. The highest BCUT2D eigenvalue weighted by Gasteiger charge is 2.14. The van der Waals surface area contributed by atoms with Gasteiger partial charge in [0.25, 0.3) is 5.69 Å². The molecule has 110 valence electrons. The van der Waals surface area contributed by atoms with Crippen LogP contribution in [0.1, 0.15) is 12.8 Å². The van der Waals surface area contributed by atoms with Gasteiger partial charge in [0.2, 0.25) is 5.91 Å². The van der Waals surface area contributed by atoms with Gasteiger partial charge in [0, 0.05) is 24.4 Å². The van der Waals surface area contributed by atoms with Crippen molar-refractivity contribution < 1.29 is 18.1 Å². The Morgan fingerprint density at radius 3 is 2.65 bits per heavy atom. The summed E-state index contributed by atoms with van der Waals surface area (Å²) in [6, 6.07) is 3.90. The number of hydrogen-bond donors (Lipinski definition) is 1. The molecular weight excluding hydrogens is 308 g/mol. The van der Waals surface area contributed by atoms with E-state index in [0.717, 1.165) is 12.3 Å². The summed E-state index contributed by atoms with van der Waals surface area (Å²) in [5.41, 5.74) is -0.0638. The third-order valence-electron chi connectivity index (χ3n) is 2.35. The number of nitrogens with zero attached hydrogens (tertiary/aromatic N) is 1. The average molecular weight is 321 g/mol. The quantitative estimate of drug-likeness (QED) is 0.637. The van der Waals surface area contributed by atoms with E-state index in [2.05, 4.69) is 5.32 Å². The molecule has 0 spiro atoms. The number of rotatable bonds is 6. The number of carbonyl (C=O) groups excluding carboxylic acids is 1. The highest BCUT2D eigenvalue weighted by atomic mass is 35.5. The van der Waals surface area contributed by atoms with Crippen LogP contribution in [0.2, 0.25) is 5.02 Å². The molecule has 0 atom stereocenters. The van der Waals surface area contributed by atoms with E-state index in [0.29, 0.717) is 0 Å². The van der Waals surface area contributed by atoms with Gasteiger partial charge in [-0.1, -0.05) is 11.6 Å². The van der Waals surface area contributed by atoms with Crippen molar-refractivity contribution in [2.45, 2.75) is 12.8 Å². The lowest BCUT2D eigenvalue weighted by molar-refractivity contribution is -0.384. The zero-order chi connectivity index (χ0) is 15.3. The fraction of sp³-hybridized carbons (Fsp3) is 0.364. The molecule has 0 bridgehead atoms. The molecule has 0 aliphatic heterocycles. The number of nitrogens with one attached hydrogen (secondary N) is 1. The van der Waals surface area contributed by atoms with Gasteiger partial charge in [-0.05, 0) is 18.6 Å². The van der Waals surface area contributed by atoms with Gasteiger partial charge in [-0.25, -0.2) is 8.42 Å². The normalized spacial score (nSPS) is 11.1. The number of anilines is 1. The fourth-order valence-corrected chi connectivity index (χ4v) is 2.30. The Morgan fingerprint density at radius 1 is 1.45 bits per heavy atom. The number of nitro benzene ring substituents is 1. The molecule has 0 aliphatic carbocycles. The molecule has 1 N–H and O–H groups in total. The molecule has 9 heteroatoms. The van der Waals surface area contributed by atoms with E-state index in [1.54, 1.807) is 0 Å². The van der Waals surface area contributed by atoms with Gasteiger partial charge in [0.15, 0.2) is 0 Å². The number of nitro groups is 1. The van der Waals surface area contributed by atoms with E-state index in [9.17, 15) is 23.3 Å². The van der Waals surface area contributed by atoms with Crippen molar-refractivity contribution in [3.05, 3.63) is 33.3 Å². The fourth-order valence-electron chi connectivity index (χ4n) is 1.45. The largest absolute Gasteiger partial charge is 0.326 e. The number of halogens is 1. The molecule has 0 fully saturated rings. The van der Waals surface area contributed by atoms with Gasteiger partial charge >= 0.3 is 0 Å². The number of benzene rings is 1. The lowest BCUT2D eigenvalue weighted by atomic mass is 10.2. The Morgan fingerprint density at radius 2 is 2.10 bits per heavy atom. The van der Waals surface area contributed by atoms with Crippen molar-refractivity contribution in [3.63, 3.8) is 0 Å². The lowest BCUT2D eigenvalue weighted by Gasteiger charge is -2.05. The lowest BCUT2D eigenvalue weighted by Crippen LogP contribution is -2.13. The first-order chi connectivity index (χ1) is 9.19. The number of sulfone groups is 1. The summed E-state index contributed by atoms with van der Waals surface area (Å²) in [7, 11) is -3.10. The third kappa shape index (κ3) is 5.54. The number of carbonyl (C=O) groups is 1. The van der Waals surface area contributed by atoms with Crippen LogP contribution in [0.25, 0.3) is 0 Å². The van der Waals surface area contributed by atoms with Crippen LogP contribution in [0.3, 0.4) is 0 Å². The second-order valence-electron chi connectivity index (χ2n) is 4.20. The highest BCUT2D eigenvalue weighted by Crippen LogP contribution is 2.27. The van der Waals surface area contributed by atoms with Crippen LogP contribution < -0.4 is 5.32 Å². The van der Waals surface area contributed by atoms with E-state index < -0.39 is 20.7 Å². The van der Waals surface area contributed by atoms with Crippen molar-refractivity contribution in [1.82, 2.24) is 0 Å². The Balaban J connectivity index is 2.63. The smallest absolute Gasteiger partial charge is 0.289 e. The van der Waals surface area contributed by atoms with Gasteiger partial charge in [-0.3, -0.25) is 14.9 Å². The molecule has 0 saturated heterocycles. The standard InChI is InChI=1S/C11H13ClN2O5S/c1-20(18,19)6-2-3-11(15)13-8-4-5-9(12)10(7-8)14(16)17/h4-5,7H,2-3,6H2,1H3,(H,13,15). The van der Waals surface area contributed by atoms with Crippen molar-refractivity contribution in [1.29, 1.82) is 0 Å². The predicted molar refractivity (Wildman–Crippen MR) is 75.7 cm³/mol. The highest BCUT2D eigenvalue weighted by molar-refractivity contribution is 7.90. The summed E-state index contributed by atoms with van der Waals surface area (Å²) < 4.78 is 21.8. The number of hydrogen-bond acceptors (Lipinski definition) is 5. The minimum Gasteiger partial charge on any atom is -0.326 e. The Labute approximate surface area is 121 Å². The van der Waals surface area contributed by atoms with E-state index in [1.807, 2.05) is 0 Å². The second kappa shape index (κ2) is 6.67. The Bertz CT molecular complexity index is 630. The van der Waals surface area contributed by atoms with Crippen LogP contribution in [-0.4, -0.2) is 31.3 Å². The van der Waals surface area contributed by atoms with Crippen molar-refractivity contribution in [3.8, 4) is 0 Å². The molecule has 0 aromatic heterocycles. The minimum absolute atomic E-state index is 0.0174. The zero-order valence-electron chi connectivity index (χ0n) is 10.6. The summed E-state index contributed by atoms with van der Waals surface area (Å²) in [4.78, 5) is 21.6. The summed E-state index contributed by atoms with van der Waals surface area (Å²) in [6.45, 7) is 0. The SMILES string of the molecule is CS(=O)(=O)CCCC(=O)Nc1ccc(Cl)c([N+](=O)[O-])c1. The maximum atomic E-state index is 11.6. The van der Waals surface area contributed by atoms with Gasteiger partial charge < -0.3 is 5.32 Å². The molecule has 7 nitrogen and oxygen atoms in total. The molecule has 1 rings (SSSR count). The van der Waals surface area contributed by atoms with Crippen LogP contribution >= 0.6 is 11.6 Å². The molecule has 20 heavy (non-hydrogen) atoms. The minimum atomic E-state index is -3.10.